The van der Waals surface area contributed by atoms with Crippen molar-refractivity contribution in [1.82, 2.24) is 0 Å². The van der Waals surface area contributed by atoms with Gasteiger partial charge in [-0.15, -0.1) is 0 Å². The normalized spacial score (nSPS) is 11.7. The molecule has 64 valence electrons. The quantitative estimate of drug-likeness (QED) is 0.379. The van der Waals surface area contributed by atoms with Gasteiger partial charge in [0.25, 0.3) is 0 Å². The zero-order chi connectivity index (χ0) is 9.14. The van der Waals surface area contributed by atoms with Crippen LogP contribution in [0.25, 0.3) is 0 Å². The second-order valence-corrected chi connectivity index (χ2v) is 2.66. The molecule has 12 heavy (non-hydrogen) atoms. The van der Waals surface area contributed by atoms with Gasteiger partial charge in [0.1, 0.15) is 5.75 Å². The fourth-order valence-electron chi connectivity index (χ4n) is 1.00. The predicted octanol–water partition coefficient (Wildman–Crippen LogP) is 1.90. The minimum absolute atomic E-state index is 0.174. The highest BCUT2D eigenvalue weighted by Crippen LogP contribution is 2.21. The van der Waals surface area contributed by atoms with Crippen molar-refractivity contribution in [2.45, 2.75) is 13.8 Å². The van der Waals surface area contributed by atoms with E-state index in [1.165, 1.54) is 0 Å². The van der Waals surface area contributed by atoms with E-state index >= 15 is 0 Å². The fourth-order valence-corrected chi connectivity index (χ4v) is 1.00. The minimum Gasteiger partial charge on any atom is -0.507 e. The second kappa shape index (κ2) is 3.26. The number of hydrogen-bond acceptors (Lipinski definition) is 3. The van der Waals surface area contributed by atoms with Crippen LogP contribution in [-0.2, 0) is 0 Å². The number of phenols is 1. The SMILES string of the molecule is C/C(=N/O)c1cccc(C)c1O. The van der Waals surface area contributed by atoms with Gasteiger partial charge in [-0.3, -0.25) is 0 Å². The Morgan fingerprint density at radius 1 is 1.42 bits per heavy atom. The predicted molar refractivity (Wildman–Crippen MR) is 46.8 cm³/mol. The van der Waals surface area contributed by atoms with Crippen LogP contribution in [0, 0.1) is 6.92 Å². The number of aromatic hydroxyl groups is 1. The molecule has 0 spiro atoms. The van der Waals surface area contributed by atoms with Gasteiger partial charge in [0, 0.05) is 5.56 Å². The third-order valence-electron chi connectivity index (χ3n) is 1.78. The molecule has 2 N–H and O–H groups in total. The van der Waals surface area contributed by atoms with Crippen LogP contribution in [0.5, 0.6) is 5.75 Å². The van der Waals surface area contributed by atoms with Crippen molar-refractivity contribution in [1.29, 1.82) is 0 Å². The summed E-state index contributed by atoms with van der Waals surface area (Å²) in [6.07, 6.45) is 0. The van der Waals surface area contributed by atoms with E-state index in [1.54, 1.807) is 32.0 Å². The fraction of sp³-hybridized carbons (Fsp3) is 0.222. The van der Waals surface area contributed by atoms with E-state index in [1.807, 2.05) is 0 Å². The van der Waals surface area contributed by atoms with Crippen LogP contribution < -0.4 is 0 Å². The van der Waals surface area contributed by atoms with E-state index in [0.717, 1.165) is 5.56 Å². The van der Waals surface area contributed by atoms with Crippen LogP contribution >= 0.6 is 0 Å². The van der Waals surface area contributed by atoms with Crippen molar-refractivity contribution in [3.63, 3.8) is 0 Å². The summed E-state index contributed by atoms with van der Waals surface area (Å²) < 4.78 is 0. The molecule has 0 saturated heterocycles. The molecule has 0 aliphatic heterocycles. The van der Waals surface area contributed by atoms with Gasteiger partial charge in [0.2, 0.25) is 0 Å². The number of phenolic OH excluding ortho intramolecular Hbond substituents is 1. The topological polar surface area (TPSA) is 52.8 Å². The van der Waals surface area contributed by atoms with Gasteiger partial charge in [-0.1, -0.05) is 17.3 Å². The van der Waals surface area contributed by atoms with Gasteiger partial charge >= 0.3 is 0 Å². The maximum absolute atomic E-state index is 9.51. The zero-order valence-electron chi connectivity index (χ0n) is 7.07. The first-order valence-corrected chi connectivity index (χ1v) is 3.64. The van der Waals surface area contributed by atoms with Crippen LogP contribution in [-0.4, -0.2) is 16.0 Å². The molecule has 0 aromatic heterocycles. The van der Waals surface area contributed by atoms with Crippen molar-refractivity contribution in [2.75, 3.05) is 0 Å². The summed E-state index contributed by atoms with van der Waals surface area (Å²) >= 11 is 0. The van der Waals surface area contributed by atoms with Crippen molar-refractivity contribution in [3.05, 3.63) is 29.3 Å². The summed E-state index contributed by atoms with van der Waals surface area (Å²) in [5, 5.41) is 21.0. The van der Waals surface area contributed by atoms with Crippen LogP contribution in [0.2, 0.25) is 0 Å². The Kier molecular flexibility index (Phi) is 2.33. The molecule has 0 unspecified atom stereocenters. The molecule has 3 nitrogen and oxygen atoms in total. The molecule has 0 heterocycles. The smallest absolute Gasteiger partial charge is 0.127 e. The first kappa shape index (κ1) is 8.59. The lowest BCUT2D eigenvalue weighted by Crippen LogP contribution is -1.95. The van der Waals surface area contributed by atoms with Crippen molar-refractivity contribution >= 4 is 5.71 Å². The Labute approximate surface area is 71.0 Å². The van der Waals surface area contributed by atoms with E-state index in [2.05, 4.69) is 5.16 Å². The van der Waals surface area contributed by atoms with E-state index in [9.17, 15) is 5.11 Å². The van der Waals surface area contributed by atoms with E-state index < -0.39 is 0 Å². The summed E-state index contributed by atoms with van der Waals surface area (Å²) in [7, 11) is 0. The van der Waals surface area contributed by atoms with Gasteiger partial charge < -0.3 is 10.3 Å². The Morgan fingerprint density at radius 2 is 2.08 bits per heavy atom. The largest absolute Gasteiger partial charge is 0.507 e. The third kappa shape index (κ3) is 1.39. The number of benzene rings is 1. The molecule has 1 rings (SSSR count). The Hall–Kier alpha value is -1.51. The summed E-state index contributed by atoms with van der Waals surface area (Å²) in [6, 6.07) is 5.31. The maximum atomic E-state index is 9.51. The number of oxime groups is 1. The van der Waals surface area contributed by atoms with E-state index in [0.29, 0.717) is 11.3 Å². The van der Waals surface area contributed by atoms with Gasteiger partial charge in [-0.2, -0.15) is 0 Å². The standard InChI is InChI=1S/C9H11NO2/c1-6-4-3-5-8(9(6)11)7(2)10-12/h3-5,11-12H,1-2H3/b10-7-. The van der Waals surface area contributed by atoms with Crippen LogP contribution in [0.15, 0.2) is 23.4 Å². The number of rotatable bonds is 1. The molecule has 0 saturated carbocycles. The first-order valence-electron chi connectivity index (χ1n) is 3.64. The number of para-hydroxylation sites is 1. The van der Waals surface area contributed by atoms with Gasteiger partial charge in [-0.25, -0.2) is 0 Å². The Bertz CT molecular complexity index is 318. The molecule has 1 aromatic carbocycles. The molecule has 0 atom stereocenters. The molecule has 0 radical (unpaired) electrons. The van der Waals surface area contributed by atoms with Crippen molar-refractivity contribution < 1.29 is 10.3 Å². The molecular formula is C9H11NO2. The lowest BCUT2D eigenvalue weighted by Gasteiger charge is -2.04. The molecule has 1 aromatic rings. The number of hydrogen-bond donors (Lipinski definition) is 2. The third-order valence-corrected chi connectivity index (χ3v) is 1.78. The van der Waals surface area contributed by atoms with Crippen LogP contribution in [0.3, 0.4) is 0 Å². The number of nitrogens with zero attached hydrogens (tertiary/aromatic N) is 1. The van der Waals surface area contributed by atoms with Gasteiger partial charge in [0.05, 0.1) is 5.71 Å². The average molecular weight is 165 g/mol. The van der Waals surface area contributed by atoms with Gasteiger partial charge in [-0.05, 0) is 25.5 Å². The average Bonchev–Trinajstić information content (AvgIpc) is 2.08. The molecule has 0 amide bonds. The highest BCUT2D eigenvalue weighted by atomic mass is 16.4. The van der Waals surface area contributed by atoms with Gasteiger partial charge in [0.15, 0.2) is 0 Å². The molecular weight excluding hydrogens is 154 g/mol. The Balaban J connectivity index is 3.26. The highest BCUT2D eigenvalue weighted by Gasteiger charge is 2.05. The van der Waals surface area contributed by atoms with Crippen LogP contribution in [0.1, 0.15) is 18.1 Å². The molecule has 0 bridgehead atoms. The molecule has 0 fully saturated rings. The number of aryl methyl sites for hydroxylation is 1. The maximum Gasteiger partial charge on any atom is 0.127 e. The molecule has 3 heteroatoms. The van der Waals surface area contributed by atoms with Crippen molar-refractivity contribution in [3.8, 4) is 5.75 Å². The first-order chi connectivity index (χ1) is 5.66. The highest BCUT2D eigenvalue weighted by molar-refractivity contribution is 6.00. The monoisotopic (exact) mass is 165 g/mol. The Morgan fingerprint density at radius 3 is 2.67 bits per heavy atom. The van der Waals surface area contributed by atoms with E-state index in [4.69, 9.17) is 5.21 Å². The summed E-state index contributed by atoms with van der Waals surface area (Å²) in [4.78, 5) is 0. The summed E-state index contributed by atoms with van der Waals surface area (Å²) in [6.45, 7) is 3.43. The summed E-state index contributed by atoms with van der Waals surface area (Å²) in [5.74, 6) is 0.174. The zero-order valence-corrected chi connectivity index (χ0v) is 7.07. The molecule has 0 aliphatic carbocycles. The van der Waals surface area contributed by atoms with Crippen molar-refractivity contribution in [2.24, 2.45) is 5.16 Å². The summed E-state index contributed by atoms with van der Waals surface area (Å²) in [5.41, 5.74) is 1.75. The minimum atomic E-state index is 0.174. The lowest BCUT2D eigenvalue weighted by molar-refractivity contribution is 0.318. The van der Waals surface area contributed by atoms with Crippen LogP contribution in [0.4, 0.5) is 0 Å². The lowest BCUT2D eigenvalue weighted by atomic mass is 10.1. The molecule has 0 aliphatic rings. The van der Waals surface area contributed by atoms with E-state index in [-0.39, 0.29) is 5.75 Å². The second-order valence-electron chi connectivity index (χ2n) is 2.66.